The molecule has 1 rings (SSSR count). The van der Waals surface area contributed by atoms with Gasteiger partial charge in [0.2, 0.25) is 5.91 Å². The van der Waals surface area contributed by atoms with E-state index in [4.69, 9.17) is 5.73 Å². The maximum atomic E-state index is 12.6. The average Bonchev–Trinajstić information content (AvgIpc) is 2.27. The fourth-order valence-corrected chi connectivity index (χ4v) is 1.54. The topological polar surface area (TPSA) is 55.1 Å². The van der Waals surface area contributed by atoms with Gasteiger partial charge in [-0.1, -0.05) is 26.0 Å². The highest BCUT2D eigenvalue weighted by Gasteiger charge is 2.14. The monoisotopic (exact) mass is 274 g/mol. The summed E-state index contributed by atoms with van der Waals surface area (Å²) in [4.78, 5) is 11.6. The normalized spacial score (nSPS) is 11.8. The van der Waals surface area contributed by atoms with Crippen molar-refractivity contribution in [2.24, 2.45) is 11.7 Å². The summed E-state index contributed by atoms with van der Waals surface area (Å²) in [6.07, 6.45) is 0.662. The summed E-state index contributed by atoms with van der Waals surface area (Å²) in [5.74, 6) is -0.0545. The fraction of sp³-hybridized carbons (Fsp3) is 0.462. The lowest BCUT2D eigenvalue weighted by Gasteiger charge is -2.14. The van der Waals surface area contributed by atoms with Gasteiger partial charge >= 0.3 is 0 Å². The lowest BCUT2D eigenvalue weighted by molar-refractivity contribution is -0.122. The van der Waals surface area contributed by atoms with Crippen molar-refractivity contribution in [2.45, 2.75) is 32.9 Å². The maximum absolute atomic E-state index is 12.6. The number of nitrogens with two attached hydrogens (primary N) is 1. The maximum Gasteiger partial charge on any atom is 0.237 e. The molecule has 0 heterocycles. The third-order valence-electron chi connectivity index (χ3n) is 2.44. The van der Waals surface area contributed by atoms with Gasteiger partial charge in [-0.2, -0.15) is 0 Å². The second-order valence-corrected chi connectivity index (χ2v) is 4.58. The van der Waals surface area contributed by atoms with Crippen LogP contribution in [0.1, 0.15) is 25.8 Å². The largest absolute Gasteiger partial charge is 0.351 e. The van der Waals surface area contributed by atoms with Crippen LogP contribution in [0.3, 0.4) is 0 Å². The molecule has 0 aliphatic heterocycles. The molecule has 0 bridgehead atoms. The molecular weight excluding hydrogens is 255 g/mol. The zero-order chi connectivity index (χ0) is 12.8. The molecule has 0 radical (unpaired) electrons. The molecule has 3 N–H and O–H groups in total. The molecule has 0 saturated carbocycles. The summed E-state index contributed by atoms with van der Waals surface area (Å²) < 4.78 is 12.6. The van der Waals surface area contributed by atoms with Crippen molar-refractivity contribution >= 4 is 18.3 Å². The van der Waals surface area contributed by atoms with Gasteiger partial charge in [-0.05, 0) is 30.0 Å². The van der Waals surface area contributed by atoms with E-state index in [2.05, 4.69) is 5.32 Å². The van der Waals surface area contributed by atoms with Crippen molar-refractivity contribution in [3.63, 3.8) is 0 Å². The van der Waals surface area contributed by atoms with Crippen molar-refractivity contribution in [1.82, 2.24) is 5.32 Å². The zero-order valence-corrected chi connectivity index (χ0v) is 11.5. The van der Waals surface area contributed by atoms with E-state index in [0.717, 1.165) is 5.56 Å². The van der Waals surface area contributed by atoms with E-state index in [1.165, 1.54) is 12.1 Å². The van der Waals surface area contributed by atoms with Gasteiger partial charge in [0.15, 0.2) is 0 Å². The van der Waals surface area contributed by atoms with Gasteiger partial charge < -0.3 is 11.1 Å². The predicted octanol–water partition coefficient (Wildman–Crippen LogP) is 2.24. The Hall–Kier alpha value is -1.13. The average molecular weight is 275 g/mol. The third-order valence-corrected chi connectivity index (χ3v) is 2.44. The van der Waals surface area contributed by atoms with Gasteiger partial charge in [-0.15, -0.1) is 12.4 Å². The number of halogens is 2. The second-order valence-electron chi connectivity index (χ2n) is 4.58. The SMILES string of the molecule is CC(C)C[C@H](N)C(=O)NCc1ccc(F)cc1.Cl. The van der Waals surface area contributed by atoms with Crippen molar-refractivity contribution in [1.29, 1.82) is 0 Å². The highest BCUT2D eigenvalue weighted by Crippen LogP contribution is 2.04. The quantitative estimate of drug-likeness (QED) is 0.865. The summed E-state index contributed by atoms with van der Waals surface area (Å²) >= 11 is 0. The molecule has 0 unspecified atom stereocenters. The number of carbonyl (C=O) groups is 1. The van der Waals surface area contributed by atoms with Crippen LogP contribution in [0.15, 0.2) is 24.3 Å². The standard InChI is InChI=1S/C13H19FN2O.ClH/c1-9(2)7-12(15)13(17)16-8-10-3-5-11(14)6-4-10;/h3-6,9,12H,7-8,15H2,1-2H3,(H,16,17);1H/t12-;/m0./s1. The van der Waals surface area contributed by atoms with Gasteiger partial charge in [0.25, 0.3) is 0 Å². The molecule has 0 aliphatic rings. The molecule has 0 spiro atoms. The van der Waals surface area contributed by atoms with Crippen LogP contribution in [0.25, 0.3) is 0 Å². The lowest BCUT2D eigenvalue weighted by atomic mass is 10.0. The number of hydrogen-bond acceptors (Lipinski definition) is 2. The van der Waals surface area contributed by atoms with E-state index < -0.39 is 6.04 Å². The van der Waals surface area contributed by atoms with Gasteiger partial charge in [0.1, 0.15) is 5.82 Å². The zero-order valence-electron chi connectivity index (χ0n) is 10.7. The van der Waals surface area contributed by atoms with E-state index >= 15 is 0 Å². The molecule has 1 amide bonds. The predicted molar refractivity (Wildman–Crippen MR) is 72.9 cm³/mol. The fourth-order valence-electron chi connectivity index (χ4n) is 1.54. The Morgan fingerprint density at radius 3 is 2.39 bits per heavy atom. The molecule has 1 aromatic carbocycles. The minimum absolute atomic E-state index is 0. The van der Waals surface area contributed by atoms with Crippen LogP contribution in [0.4, 0.5) is 4.39 Å². The smallest absolute Gasteiger partial charge is 0.237 e. The Kier molecular flexibility index (Phi) is 7.55. The number of carbonyl (C=O) groups excluding carboxylic acids is 1. The van der Waals surface area contributed by atoms with Gasteiger partial charge in [-0.3, -0.25) is 4.79 Å². The molecule has 5 heteroatoms. The van der Waals surface area contributed by atoms with E-state index in [1.54, 1.807) is 12.1 Å². The van der Waals surface area contributed by atoms with Crippen molar-refractivity contribution in [3.05, 3.63) is 35.6 Å². The Bertz CT molecular complexity index is 368. The van der Waals surface area contributed by atoms with Crippen LogP contribution in [0, 0.1) is 11.7 Å². The van der Waals surface area contributed by atoms with Gasteiger partial charge in [0.05, 0.1) is 6.04 Å². The number of nitrogens with one attached hydrogen (secondary N) is 1. The Balaban J connectivity index is 0.00000289. The van der Waals surface area contributed by atoms with Gasteiger partial charge in [-0.25, -0.2) is 4.39 Å². The number of rotatable bonds is 5. The molecule has 0 fully saturated rings. The summed E-state index contributed by atoms with van der Waals surface area (Å²) in [7, 11) is 0. The minimum Gasteiger partial charge on any atom is -0.351 e. The Morgan fingerprint density at radius 2 is 1.89 bits per heavy atom. The first kappa shape index (κ1) is 16.9. The molecular formula is C13H20ClFN2O. The van der Waals surface area contributed by atoms with E-state index in [-0.39, 0.29) is 24.1 Å². The van der Waals surface area contributed by atoms with Crippen molar-refractivity contribution < 1.29 is 9.18 Å². The lowest BCUT2D eigenvalue weighted by Crippen LogP contribution is -2.41. The van der Waals surface area contributed by atoms with Crippen molar-refractivity contribution in [2.75, 3.05) is 0 Å². The van der Waals surface area contributed by atoms with Crippen LogP contribution >= 0.6 is 12.4 Å². The first-order valence-corrected chi connectivity index (χ1v) is 5.76. The number of hydrogen-bond donors (Lipinski definition) is 2. The molecule has 0 aromatic heterocycles. The van der Waals surface area contributed by atoms with Gasteiger partial charge in [0, 0.05) is 6.54 Å². The second kappa shape index (κ2) is 8.06. The number of amides is 1. The molecule has 1 aromatic rings. The van der Waals surface area contributed by atoms with E-state index in [0.29, 0.717) is 18.9 Å². The van der Waals surface area contributed by atoms with Crippen LogP contribution in [-0.4, -0.2) is 11.9 Å². The molecule has 3 nitrogen and oxygen atoms in total. The summed E-state index contributed by atoms with van der Waals surface area (Å²) in [6, 6.07) is 5.55. The van der Waals surface area contributed by atoms with Crippen LogP contribution in [0.5, 0.6) is 0 Å². The molecule has 0 saturated heterocycles. The minimum atomic E-state index is -0.476. The molecule has 0 aliphatic carbocycles. The molecule has 102 valence electrons. The molecule has 18 heavy (non-hydrogen) atoms. The van der Waals surface area contributed by atoms with Crippen LogP contribution in [0.2, 0.25) is 0 Å². The summed E-state index contributed by atoms with van der Waals surface area (Å²) in [6.45, 7) is 4.42. The third kappa shape index (κ3) is 5.98. The van der Waals surface area contributed by atoms with E-state index in [1.807, 2.05) is 13.8 Å². The van der Waals surface area contributed by atoms with Crippen LogP contribution in [-0.2, 0) is 11.3 Å². The Morgan fingerprint density at radius 1 is 1.33 bits per heavy atom. The van der Waals surface area contributed by atoms with Crippen molar-refractivity contribution in [3.8, 4) is 0 Å². The first-order valence-electron chi connectivity index (χ1n) is 5.76. The summed E-state index contributed by atoms with van der Waals surface area (Å²) in [5, 5.41) is 2.74. The Labute approximate surface area is 113 Å². The van der Waals surface area contributed by atoms with E-state index in [9.17, 15) is 9.18 Å². The highest BCUT2D eigenvalue weighted by atomic mass is 35.5. The highest BCUT2D eigenvalue weighted by molar-refractivity contribution is 5.85. The number of benzene rings is 1. The molecule has 1 atom stereocenters. The first-order chi connectivity index (χ1) is 7.99. The summed E-state index contributed by atoms with van der Waals surface area (Å²) in [5.41, 5.74) is 6.59. The van der Waals surface area contributed by atoms with Crippen LogP contribution < -0.4 is 11.1 Å².